The van der Waals surface area contributed by atoms with Crippen LogP contribution >= 0.6 is 11.6 Å². The average molecular weight is 530 g/mol. The number of rotatable bonds is 13. The normalized spacial score (nSPS) is 12.5. The number of nitrogens with one attached hydrogen (secondary N) is 3. The standard InChI is InChI=1S/C24H26BClFN5O5/c1-25(37)28-13-23(34)30-20(24(35)36)9-15(10-22(33)21-12-29-32-31-21)8-14-2-4-16(5-3-14)18-11-17(26)6-7-19(18)27/h2-7,11-12,15,20,28,37H,8-10,13H2,1H3,(H,30,34)(H,35,36)(H,29,31,32)/t15-,20-/m1/s1. The van der Waals surface area contributed by atoms with Crippen molar-refractivity contribution >= 4 is 36.3 Å². The lowest BCUT2D eigenvalue weighted by atomic mass is 9.87. The number of amides is 1. The summed E-state index contributed by atoms with van der Waals surface area (Å²) < 4.78 is 14.2. The molecule has 0 bridgehead atoms. The highest BCUT2D eigenvalue weighted by molar-refractivity contribution is 6.45. The molecular weight excluding hydrogens is 504 g/mol. The van der Waals surface area contributed by atoms with Crippen molar-refractivity contribution in [3.8, 4) is 11.1 Å². The quantitative estimate of drug-likeness (QED) is 0.167. The number of carbonyl (C=O) groups is 3. The Balaban J connectivity index is 1.77. The van der Waals surface area contributed by atoms with Gasteiger partial charge >= 0.3 is 13.0 Å². The largest absolute Gasteiger partial charge is 0.480 e. The zero-order chi connectivity index (χ0) is 26.9. The number of aromatic nitrogens is 3. The number of aliphatic carboxylic acids is 1. The van der Waals surface area contributed by atoms with Gasteiger partial charge in [-0.15, -0.1) is 0 Å². The number of nitrogens with zero attached hydrogens (tertiary/aromatic N) is 2. The molecule has 1 amide bonds. The van der Waals surface area contributed by atoms with E-state index in [1.807, 2.05) is 0 Å². The second kappa shape index (κ2) is 13.1. The van der Waals surface area contributed by atoms with Crippen molar-refractivity contribution in [1.82, 2.24) is 26.0 Å². The third-order valence-corrected chi connectivity index (χ3v) is 5.89. The first-order valence-electron chi connectivity index (χ1n) is 11.5. The van der Waals surface area contributed by atoms with Crippen LogP contribution in [0.25, 0.3) is 11.1 Å². The van der Waals surface area contributed by atoms with Gasteiger partial charge in [0.25, 0.3) is 0 Å². The summed E-state index contributed by atoms with van der Waals surface area (Å²) in [5.41, 5.74) is 1.86. The van der Waals surface area contributed by atoms with Crippen LogP contribution in [0.15, 0.2) is 48.7 Å². The van der Waals surface area contributed by atoms with Crippen LogP contribution in [0.2, 0.25) is 11.8 Å². The van der Waals surface area contributed by atoms with Gasteiger partial charge in [0.15, 0.2) is 5.78 Å². The van der Waals surface area contributed by atoms with Gasteiger partial charge in [-0.2, -0.15) is 15.4 Å². The molecule has 2 aromatic carbocycles. The van der Waals surface area contributed by atoms with E-state index >= 15 is 0 Å². The molecule has 0 aliphatic carbocycles. The molecule has 1 heterocycles. The Kier molecular flexibility index (Phi) is 9.89. The fourth-order valence-corrected chi connectivity index (χ4v) is 4.03. The maximum Gasteiger partial charge on any atom is 0.374 e. The Morgan fingerprint density at radius 3 is 2.54 bits per heavy atom. The highest BCUT2D eigenvalue weighted by Crippen LogP contribution is 2.27. The third-order valence-electron chi connectivity index (χ3n) is 5.65. The minimum atomic E-state index is -1.27. The van der Waals surface area contributed by atoms with Crippen LogP contribution in [0.5, 0.6) is 0 Å². The van der Waals surface area contributed by atoms with E-state index in [1.54, 1.807) is 24.3 Å². The molecule has 5 N–H and O–H groups in total. The molecule has 2 atom stereocenters. The number of benzene rings is 2. The SMILES string of the molecule is CB(O)NCC(=O)N[C@H](C[C@H](CC(=O)c1cn[nH]n1)Cc1ccc(-c2cc(Cl)ccc2F)cc1)C(=O)O. The number of H-pyrrole nitrogens is 1. The molecule has 3 rings (SSSR count). The van der Waals surface area contributed by atoms with Crippen LogP contribution in [0, 0.1) is 11.7 Å². The topological polar surface area (TPSA) is 157 Å². The van der Waals surface area contributed by atoms with E-state index in [-0.39, 0.29) is 30.9 Å². The lowest BCUT2D eigenvalue weighted by Crippen LogP contribution is -2.47. The smallest absolute Gasteiger partial charge is 0.374 e. The van der Waals surface area contributed by atoms with Crippen LogP contribution in [0.3, 0.4) is 0 Å². The molecule has 0 aliphatic heterocycles. The summed E-state index contributed by atoms with van der Waals surface area (Å²) in [5.74, 6) is -3.09. The molecule has 194 valence electrons. The van der Waals surface area contributed by atoms with Crippen molar-refractivity contribution in [2.24, 2.45) is 5.92 Å². The monoisotopic (exact) mass is 529 g/mol. The van der Waals surface area contributed by atoms with Crippen LogP contribution in [-0.4, -0.2) is 62.8 Å². The molecule has 0 saturated carbocycles. The third kappa shape index (κ3) is 8.48. The fourth-order valence-electron chi connectivity index (χ4n) is 3.85. The molecule has 13 heteroatoms. The highest BCUT2D eigenvalue weighted by Gasteiger charge is 2.27. The summed E-state index contributed by atoms with van der Waals surface area (Å²) in [6.45, 7) is 1.16. The van der Waals surface area contributed by atoms with Crippen molar-refractivity contribution < 1.29 is 28.9 Å². The minimum absolute atomic E-state index is 0.0377. The van der Waals surface area contributed by atoms with Gasteiger partial charge < -0.3 is 20.7 Å². The Morgan fingerprint density at radius 2 is 1.92 bits per heavy atom. The molecule has 0 saturated heterocycles. The van der Waals surface area contributed by atoms with Crippen LogP contribution in [0.4, 0.5) is 4.39 Å². The molecule has 0 aliphatic rings. The summed E-state index contributed by atoms with van der Waals surface area (Å²) in [7, 11) is -0.940. The van der Waals surface area contributed by atoms with Gasteiger partial charge in [0.1, 0.15) is 17.6 Å². The molecule has 37 heavy (non-hydrogen) atoms. The number of carboxylic acids is 1. The van der Waals surface area contributed by atoms with E-state index in [1.165, 1.54) is 31.2 Å². The number of Topliss-reactive ketones (excluding diaryl/α,β-unsaturated/α-hetero) is 1. The minimum Gasteiger partial charge on any atom is -0.480 e. The number of hydrogen-bond acceptors (Lipinski definition) is 7. The van der Waals surface area contributed by atoms with Crippen molar-refractivity contribution in [1.29, 1.82) is 0 Å². The van der Waals surface area contributed by atoms with E-state index in [0.29, 0.717) is 22.6 Å². The number of aromatic amines is 1. The summed E-state index contributed by atoms with van der Waals surface area (Å²) >= 11 is 6.00. The highest BCUT2D eigenvalue weighted by atomic mass is 35.5. The zero-order valence-corrected chi connectivity index (χ0v) is 20.7. The molecule has 0 radical (unpaired) electrons. The van der Waals surface area contributed by atoms with Gasteiger partial charge in [-0.25, -0.2) is 9.18 Å². The van der Waals surface area contributed by atoms with Crippen molar-refractivity contribution in [2.75, 3.05) is 6.54 Å². The molecule has 0 unspecified atom stereocenters. The molecule has 10 nitrogen and oxygen atoms in total. The van der Waals surface area contributed by atoms with E-state index in [4.69, 9.17) is 11.6 Å². The van der Waals surface area contributed by atoms with Crippen molar-refractivity contribution in [3.63, 3.8) is 0 Å². The predicted octanol–water partition coefficient (Wildman–Crippen LogP) is 2.36. The lowest BCUT2D eigenvalue weighted by molar-refractivity contribution is -0.142. The Bertz CT molecular complexity index is 1230. The lowest BCUT2D eigenvalue weighted by Gasteiger charge is -2.22. The van der Waals surface area contributed by atoms with Crippen LogP contribution in [-0.2, 0) is 16.0 Å². The predicted molar refractivity (Wildman–Crippen MR) is 135 cm³/mol. The fraction of sp³-hybridized carbons (Fsp3) is 0.292. The molecular formula is C24H26BClFN5O5. The zero-order valence-electron chi connectivity index (χ0n) is 19.9. The molecule has 1 aromatic heterocycles. The van der Waals surface area contributed by atoms with Crippen molar-refractivity contribution in [2.45, 2.75) is 32.1 Å². The summed E-state index contributed by atoms with van der Waals surface area (Å²) in [4.78, 5) is 36.8. The maximum atomic E-state index is 14.2. The summed E-state index contributed by atoms with van der Waals surface area (Å²) in [5, 5.41) is 34.1. The number of hydrogen-bond donors (Lipinski definition) is 5. The Hall–Kier alpha value is -3.61. The van der Waals surface area contributed by atoms with E-state index in [2.05, 4.69) is 26.0 Å². The van der Waals surface area contributed by atoms with Crippen LogP contribution in [0.1, 0.15) is 28.9 Å². The average Bonchev–Trinajstić information content (AvgIpc) is 3.39. The number of ketones is 1. The van der Waals surface area contributed by atoms with Gasteiger partial charge in [0, 0.05) is 17.0 Å². The second-order valence-electron chi connectivity index (χ2n) is 8.62. The Morgan fingerprint density at radius 1 is 1.19 bits per heavy atom. The Labute approximate surface area is 217 Å². The number of halogens is 2. The van der Waals surface area contributed by atoms with E-state index in [9.17, 15) is 28.9 Å². The van der Waals surface area contributed by atoms with E-state index < -0.39 is 36.7 Å². The van der Waals surface area contributed by atoms with Crippen molar-refractivity contribution in [3.05, 3.63) is 70.8 Å². The first-order chi connectivity index (χ1) is 17.6. The first kappa shape index (κ1) is 28.0. The van der Waals surface area contributed by atoms with Gasteiger partial charge in [-0.1, -0.05) is 35.9 Å². The van der Waals surface area contributed by atoms with E-state index in [0.717, 1.165) is 5.56 Å². The van der Waals surface area contributed by atoms with Gasteiger partial charge in [-0.05, 0) is 54.9 Å². The van der Waals surface area contributed by atoms with Gasteiger partial charge in [0.2, 0.25) is 5.91 Å². The van der Waals surface area contributed by atoms with Gasteiger partial charge in [0.05, 0.1) is 12.7 Å². The summed E-state index contributed by atoms with van der Waals surface area (Å²) in [6, 6.07) is 9.99. The molecule has 0 fully saturated rings. The number of carbonyl (C=O) groups excluding carboxylic acids is 2. The molecule has 0 spiro atoms. The maximum absolute atomic E-state index is 14.2. The first-order valence-corrected chi connectivity index (χ1v) is 11.9. The van der Waals surface area contributed by atoms with Crippen LogP contribution < -0.4 is 10.5 Å². The summed E-state index contributed by atoms with van der Waals surface area (Å²) in [6.07, 6.45) is 1.52. The molecule has 3 aromatic rings. The van der Waals surface area contributed by atoms with Gasteiger partial charge in [-0.3, -0.25) is 9.59 Å². The second-order valence-corrected chi connectivity index (χ2v) is 9.06. The number of carboxylic acid groups (broad SMARTS) is 1.